The molecule has 3 aromatic rings. The van der Waals surface area contributed by atoms with Crippen LogP contribution in [0.3, 0.4) is 0 Å². The van der Waals surface area contributed by atoms with Gasteiger partial charge in [0, 0.05) is 40.7 Å². The van der Waals surface area contributed by atoms with Gasteiger partial charge in [0.15, 0.2) is 0 Å². The lowest BCUT2D eigenvalue weighted by molar-refractivity contribution is 0.561. The van der Waals surface area contributed by atoms with Crippen LogP contribution in [0.15, 0.2) is 48.9 Å². The fourth-order valence-electron chi connectivity index (χ4n) is 2.25. The molecule has 1 unspecified atom stereocenters. The van der Waals surface area contributed by atoms with E-state index in [9.17, 15) is 0 Å². The van der Waals surface area contributed by atoms with Gasteiger partial charge in [0.2, 0.25) is 0 Å². The summed E-state index contributed by atoms with van der Waals surface area (Å²) in [5.41, 5.74) is 1.96. The van der Waals surface area contributed by atoms with Crippen molar-refractivity contribution in [2.24, 2.45) is 0 Å². The highest BCUT2D eigenvalue weighted by atomic mass is 35.5. The summed E-state index contributed by atoms with van der Waals surface area (Å²) in [5.74, 6) is 0. The van der Waals surface area contributed by atoms with Crippen LogP contribution in [0.2, 0.25) is 5.02 Å². The number of halogens is 1. The lowest BCUT2D eigenvalue weighted by Gasteiger charge is -2.16. The van der Waals surface area contributed by atoms with Crippen molar-refractivity contribution >= 4 is 28.2 Å². The minimum Gasteiger partial charge on any atom is -0.380 e. The van der Waals surface area contributed by atoms with Crippen molar-refractivity contribution < 1.29 is 0 Å². The highest BCUT2D eigenvalue weighted by molar-refractivity contribution is 6.31. The summed E-state index contributed by atoms with van der Waals surface area (Å²) >= 11 is 6.00. The molecule has 0 amide bonds. The molecule has 0 saturated carbocycles. The van der Waals surface area contributed by atoms with Crippen molar-refractivity contribution in [3.63, 3.8) is 0 Å². The third-order valence-corrected chi connectivity index (χ3v) is 3.36. The van der Waals surface area contributed by atoms with Gasteiger partial charge in [0.05, 0.1) is 12.1 Å². The van der Waals surface area contributed by atoms with Crippen LogP contribution in [0, 0.1) is 0 Å². The Balaban J connectivity index is 1.83. The molecule has 0 fully saturated rings. The van der Waals surface area contributed by atoms with Crippen molar-refractivity contribution in [1.82, 2.24) is 14.8 Å². The molecule has 2 heterocycles. The van der Waals surface area contributed by atoms with Gasteiger partial charge in [-0.3, -0.25) is 9.67 Å². The van der Waals surface area contributed by atoms with Crippen LogP contribution in [-0.4, -0.2) is 20.8 Å². The number of rotatable bonds is 4. The molecule has 1 atom stereocenters. The number of benzene rings is 1. The Morgan fingerprint density at radius 2 is 2.20 bits per heavy atom. The number of pyridine rings is 1. The smallest absolute Gasteiger partial charge is 0.0737 e. The summed E-state index contributed by atoms with van der Waals surface area (Å²) in [6, 6.07) is 9.92. The predicted molar refractivity (Wildman–Crippen MR) is 82.1 cm³/mol. The number of nitrogens with zero attached hydrogens (tertiary/aromatic N) is 3. The number of hydrogen-bond donors (Lipinski definition) is 1. The predicted octanol–water partition coefficient (Wildman–Crippen LogP) is 3.59. The Kier molecular flexibility index (Phi) is 3.56. The zero-order valence-electron chi connectivity index (χ0n) is 11.1. The molecular formula is C15H15ClN4. The lowest BCUT2D eigenvalue weighted by Crippen LogP contribution is -2.22. The van der Waals surface area contributed by atoms with E-state index in [1.165, 1.54) is 0 Å². The molecule has 0 aliphatic rings. The maximum absolute atomic E-state index is 6.00. The van der Waals surface area contributed by atoms with Crippen LogP contribution in [0.5, 0.6) is 0 Å². The molecule has 0 radical (unpaired) electrons. The third kappa shape index (κ3) is 2.75. The normalized spacial score (nSPS) is 12.5. The van der Waals surface area contributed by atoms with E-state index in [1.807, 2.05) is 41.2 Å². The van der Waals surface area contributed by atoms with Crippen LogP contribution in [0.4, 0.5) is 5.69 Å². The second kappa shape index (κ2) is 5.51. The summed E-state index contributed by atoms with van der Waals surface area (Å²) < 4.78 is 1.91. The molecule has 5 heteroatoms. The van der Waals surface area contributed by atoms with Crippen LogP contribution in [0.25, 0.3) is 10.9 Å². The minimum atomic E-state index is 0.260. The Morgan fingerprint density at radius 1 is 1.30 bits per heavy atom. The second-order valence-corrected chi connectivity index (χ2v) is 5.23. The zero-order valence-corrected chi connectivity index (χ0v) is 11.9. The number of hydrogen-bond acceptors (Lipinski definition) is 3. The Bertz CT molecular complexity index is 709. The molecule has 3 rings (SSSR count). The van der Waals surface area contributed by atoms with Gasteiger partial charge in [-0.1, -0.05) is 11.6 Å². The molecule has 1 aromatic carbocycles. The van der Waals surface area contributed by atoms with E-state index >= 15 is 0 Å². The Labute approximate surface area is 122 Å². The van der Waals surface area contributed by atoms with Gasteiger partial charge in [-0.15, -0.1) is 0 Å². The average molecular weight is 287 g/mol. The van der Waals surface area contributed by atoms with Crippen molar-refractivity contribution in [1.29, 1.82) is 0 Å². The van der Waals surface area contributed by atoms with E-state index in [0.29, 0.717) is 5.02 Å². The summed E-state index contributed by atoms with van der Waals surface area (Å²) in [5, 5.41) is 9.49. The van der Waals surface area contributed by atoms with Crippen molar-refractivity contribution in [3.05, 3.63) is 53.9 Å². The first kappa shape index (κ1) is 12.9. The fourth-order valence-corrected chi connectivity index (χ4v) is 2.41. The fraction of sp³-hybridized carbons (Fsp3) is 0.200. The molecule has 0 bridgehead atoms. The molecule has 0 saturated heterocycles. The number of aromatic nitrogens is 3. The molecule has 102 valence electrons. The van der Waals surface area contributed by atoms with E-state index in [0.717, 1.165) is 23.1 Å². The van der Waals surface area contributed by atoms with Gasteiger partial charge in [-0.2, -0.15) is 5.10 Å². The molecule has 0 aliphatic carbocycles. The van der Waals surface area contributed by atoms with Gasteiger partial charge in [-0.05, 0) is 37.3 Å². The van der Waals surface area contributed by atoms with Crippen LogP contribution in [0.1, 0.15) is 6.92 Å². The van der Waals surface area contributed by atoms with Gasteiger partial charge in [0.25, 0.3) is 0 Å². The number of anilines is 1. The first-order valence-corrected chi connectivity index (χ1v) is 6.88. The van der Waals surface area contributed by atoms with E-state index in [4.69, 9.17) is 11.6 Å². The summed E-state index contributed by atoms with van der Waals surface area (Å²) in [7, 11) is 0. The van der Waals surface area contributed by atoms with E-state index in [-0.39, 0.29) is 6.04 Å². The van der Waals surface area contributed by atoms with E-state index < -0.39 is 0 Å². The zero-order chi connectivity index (χ0) is 13.9. The molecular weight excluding hydrogens is 272 g/mol. The summed E-state index contributed by atoms with van der Waals surface area (Å²) in [4.78, 5) is 4.34. The standard InChI is InChI=1S/C15H15ClN4/c1-11(10-20-8-2-6-18-20)19-14-5-7-17-15-9-12(16)3-4-13(14)15/h2-9,11H,10H2,1H3,(H,17,19). The van der Waals surface area contributed by atoms with Crippen LogP contribution >= 0.6 is 11.6 Å². The van der Waals surface area contributed by atoms with Gasteiger partial charge in [0.1, 0.15) is 0 Å². The monoisotopic (exact) mass is 286 g/mol. The third-order valence-electron chi connectivity index (χ3n) is 3.13. The highest BCUT2D eigenvalue weighted by Crippen LogP contribution is 2.24. The topological polar surface area (TPSA) is 42.7 Å². The molecule has 4 nitrogen and oxygen atoms in total. The molecule has 1 N–H and O–H groups in total. The molecule has 20 heavy (non-hydrogen) atoms. The Hall–Kier alpha value is -2.07. The van der Waals surface area contributed by atoms with Crippen molar-refractivity contribution in [2.45, 2.75) is 19.5 Å². The first-order valence-electron chi connectivity index (χ1n) is 6.50. The van der Waals surface area contributed by atoms with Gasteiger partial charge in [-0.25, -0.2) is 0 Å². The second-order valence-electron chi connectivity index (χ2n) is 4.79. The van der Waals surface area contributed by atoms with Crippen molar-refractivity contribution in [3.8, 4) is 0 Å². The number of nitrogens with one attached hydrogen (secondary N) is 1. The maximum atomic E-state index is 6.00. The molecule has 0 aliphatic heterocycles. The average Bonchev–Trinajstić information content (AvgIpc) is 2.91. The quantitative estimate of drug-likeness (QED) is 0.797. The number of fused-ring (bicyclic) bond motifs is 1. The van der Waals surface area contributed by atoms with Gasteiger partial charge < -0.3 is 5.32 Å². The van der Waals surface area contributed by atoms with E-state index in [2.05, 4.69) is 22.3 Å². The van der Waals surface area contributed by atoms with Crippen LogP contribution < -0.4 is 5.32 Å². The summed E-state index contributed by atoms with van der Waals surface area (Å²) in [6.07, 6.45) is 5.54. The van der Waals surface area contributed by atoms with Gasteiger partial charge >= 0.3 is 0 Å². The maximum Gasteiger partial charge on any atom is 0.0737 e. The minimum absolute atomic E-state index is 0.260. The Morgan fingerprint density at radius 3 is 3.00 bits per heavy atom. The first-order chi connectivity index (χ1) is 9.72. The summed E-state index contributed by atoms with van der Waals surface area (Å²) in [6.45, 7) is 2.94. The lowest BCUT2D eigenvalue weighted by atomic mass is 10.1. The van der Waals surface area contributed by atoms with Crippen LogP contribution in [-0.2, 0) is 6.54 Å². The molecule has 2 aromatic heterocycles. The van der Waals surface area contributed by atoms with Crippen molar-refractivity contribution in [2.75, 3.05) is 5.32 Å². The SMILES string of the molecule is CC(Cn1cccn1)Nc1ccnc2cc(Cl)ccc12. The molecule has 0 spiro atoms. The highest BCUT2D eigenvalue weighted by Gasteiger charge is 2.07. The largest absolute Gasteiger partial charge is 0.380 e. The van der Waals surface area contributed by atoms with E-state index in [1.54, 1.807) is 12.4 Å².